The van der Waals surface area contributed by atoms with Crippen molar-refractivity contribution < 1.29 is 9.53 Å². The number of nitrogens with one attached hydrogen (secondary N) is 1. The normalized spacial score (nSPS) is 18.7. The molecule has 1 saturated heterocycles. The number of carbonyl (C=O) groups excluding carboxylic acids is 1. The molecule has 3 N–H and O–H groups in total. The van der Waals surface area contributed by atoms with Gasteiger partial charge in [-0.15, -0.1) is 0 Å². The fraction of sp³-hybridized carbons (Fsp3) is 0.533. The highest BCUT2D eigenvalue weighted by Crippen LogP contribution is 2.28. The predicted molar refractivity (Wildman–Crippen MR) is 85.0 cm³/mol. The number of ether oxygens (including phenoxy) is 1. The molecule has 5 nitrogen and oxygen atoms in total. The molecule has 2 rings (SSSR count). The molecule has 1 atom stereocenters. The van der Waals surface area contributed by atoms with E-state index in [1.807, 2.05) is 0 Å². The van der Waals surface area contributed by atoms with Crippen LogP contribution in [0.2, 0.25) is 5.02 Å². The zero-order chi connectivity index (χ0) is 15.4. The number of amides is 1. The molecule has 0 spiro atoms. The summed E-state index contributed by atoms with van der Waals surface area (Å²) in [5.41, 5.74) is 6.53. The van der Waals surface area contributed by atoms with Gasteiger partial charge >= 0.3 is 0 Å². The highest BCUT2D eigenvalue weighted by Gasteiger charge is 2.21. The Labute approximate surface area is 130 Å². The summed E-state index contributed by atoms with van der Waals surface area (Å²) in [5, 5.41) is 3.28. The third-order valence-electron chi connectivity index (χ3n) is 4.00. The predicted octanol–water partition coefficient (Wildman–Crippen LogP) is 2.14. The van der Waals surface area contributed by atoms with Crippen molar-refractivity contribution in [3.05, 3.63) is 22.7 Å². The number of anilines is 1. The van der Waals surface area contributed by atoms with E-state index in [9.17, 15) is 4.79 Å². The minimum Gasteiger partial charge on any atom is -0.496 e. The van der Waals surface area contributed by atoms with Crippen LogP contribution >= 0.6 is 11.6 Å². The van der Waals surface area contributed by atoms with Crippen LogP contribution in [0, 0.1) is 0 Å². The van der Waals surface area contributed by atoms with Crippen LogP contribution in [0.15, 0.2) is 12.1 Å². The van der Waals surface area contributed by atoms with Gasteiger partial charge in [0.1, 0.15) is 5.75 Å². The third kappa shape index (κ3) is 3.80. The van der Waals surface area contributed by atoms with Crippen molar-refractivity contribution >= 4 is 23.2 Å². The molecule has 1 aromatic carbocycles. The molecule has 1 aliphatic heterocycles. The molecule has 116 valence electrons. The van der Waals surface area contributed by atoms with Crippen molar-refractivity contribution in [3.8, 4) is 5.75 Å². The smallest absolute Gasteiger partial charge is 0.255 e. The maximum Gasteiger partial charge on any atom is 0.255 e. The maximum absolute atomic E-state index is 12.2. The van der Waals surface area contributed by atoms with Crippen LogP contribution in [-0.4, -0.2) is 44.1 Å². The Morgan fingerprint density at radius 1 is 1.57 bits per heavy atom. The highest BCUT2D eigenvalue weighted by atomic mass is 35.5. The Hall–Kier alpha value is -1.46. The number of rotatable bonds is 5. The number of nitrogen functional groups attached to an aromatic ring is 1. The van der Waals surface area contributed by atoms with E-state index in [0.29, 0.717) is 34.6 Å². The first-order valence-electron chi connectivity index (χ1n) is 7.14. The number of nitrogens with zero attached hydrogens (tertiary/aromatic N) is 1. The minimum absolute atomic E-state index is 0.186. The Morgan fingerprint density at radius 3 is 2.95 bits per heavy atom. The van der Waals surface area contributed by atoms with Crippen LogP contribution < -0.4 is 15.8 Å². The van der Waals surface area contributed by atoms with Crippen LogP contribution in [0.1, 0.15) is 29.6 Å². The van der Waals surface area contributed by atoms with E-state index >= 15 is 0 Å². The van der Waals surface area contributed by atoms with Gasteiger partial charge in [0.05, 0.1) is 23.4 Å². The average Bonchev–Trinajstić information content (AvgIpc) is 2.86. The first kappa shape index (κ1) is 15.9. The third-order valence-corrected chi connectivity index (χ3v) is 4.33. The molecule has 0 bridgehead atoms. The maximum atomic E-state index is 12.2. The number of benzene rings is 1. The van der Waals surface area contributed by atoms with Crippen molar-refractivity contribution in [2.75, 3.05) is 33.0 Å². The van der Waals surface area contributed by atoms with Crippen molar-refractivity contribution in [1.82, 2.24) is 10.2 Å². The second kappa shape index (κ2) is 7.00. The quantitative estimate of drug-likeness (QED) is 0.818. The van der Waals surface area contributed by atoms with Crippen molar-refractivity contribution in [3.63, 3.8) is 0 Å². The van der Waals surface area contributed by atoms with Gasteiger partial charge in [0.15, 0.2) is 0 Å². The topological polar surface area (TPSA) is 67.6 Å². The lowest BCUT2D eigenvalue weighted by atomic mass is 10.1. The molecule has 6 heteroatoms. The van der Waals surface area contributed by atoms with Crippen LogP contribution in [0.25, 0.3) is 0 Å². The van der Waals surface area contributed by atoms with E-state index in [0.717, 1.165) is 13.0 Å². The zero-order valence-corrected chi connectivity index (χ0v) is 13.2. The van der Waals surface area contributed by atoms with E-state index in [-0.39, 0.29) is 5.91 Å². The Morgan fingerprint density at radius 2 is 2.33 bits per heavy atom. The molecule has 0 radical (unpaired) electrons. The largest absolute Gasteiger partial charge is 0.496 e. The molecular weight excluding hydrogens is 290 g/mol. The second-order valence-electron chi connectivity index (χ2n) is 5.40. The molecule has 1 heterocycles. The second-order valence-corrected chi connectivity index (χ2v) is 5.80. The first-order valence-corrected chi connectivity index (χ1v) is 7.52. The average molecular weight is 312 g/mol. The standard InChI is InChI=1S/C15H22ClN3O2/c1-19-7-3-4-10(19)5-6-18-15(20)11-8-12(16)13(17)9-14(11)21-2/h8-10H,3-7,17H2,1-2H3,(H,18,20). The Balaban J connectivity index is 1.95. The van der Waals surface area contributed by atoms with Gasteiger partial charge in [0.25, 0.3) is 5.91 Å². The Bertz CT molecular complexity index is 522. The molecular formula is C15H22ClN3O2. The van der Waals surface area contributed by atoms with E-state index in [4.69, 9.17) is 22.1 Å². The zero-order valence-electron chi connectivity index (χ0n) is 12.5. The van der Waals surface area contributed by atoms with Crippen LogP contribution in [0.5, 0.6) is 5.75 Å². The van der Waals surface area contributed by atoms with E-state index < -0.39 is 0 Å². The molecule has 0 aliphatic carbocycles. The van der Waals surface area contributed by atoms with Crippen LogP contribution in [0.4, 0.5) is 5.69 Å². The number of hydrogen-bond acceptors (Lipinski definition) is 4. The first-order chi connectivity index (χ1) is 10.0. The fourth-order valence-electron chi connectivity index (χ4n) is 2.71. The number of methoxy groups -OCH3 is 1. The van der Waals surface area contributed by atoms with E-state index in [1.165, 1.54) is 20.0 Å². The molecule has 1 aromatic rings. The van der Waals surface area contributed by atoms with Gasteiger partial charge in [-0.3, -0.25) is 4.79 Å². The van der Waals surface area contributed by atoms with Gasteiger partial charge in [-0.25, -0.2) is 0 Å². The summed E-state index contributed by atoms with van der Waals surface area (Å²) in [6.45, 7) is 1.78. The summed E-state index contributed by atoms with van der Waals surface area (Å²) in [5.74, 6) is 0.252. The molecule has 21 heavy (non-hydrogen) atoms. The molecule has 0 aromatic heterocycles. The molecule has 1 aliphatic rings. The molecule has 1 fully saturated rings. The fourth-order valence-corrected chi connectivity index (χ4v) is 2.87. The monoisotopic (exact) mass is 311 g/mol. The number of nitrogens with two attached hydrogens (primary N) is 1. The summed E-state index contributed by atoms with van der Waals surface area (Å²) in [7, 11) is 3.63. The van der Waals surface area contributed by atoms with E-state index in [2.05, 4.69) is 17.3 Å². The summed E-state index contributed by atoms with van der Waals surface area (Å²) in [6.07, 6.45) is 3.38. The van der Waals surface area contributed by atoms with Crippen molar-refractivity contribution in [2.24, 2.45) is 0 Å². The van der Waals surface area contributed by atoms with Gasteiger partial charge in [0.2, 0.25) is 0 Å². The van der Waals surface area contributed by atoms with Crippen LogP contribution in [-0.2, 0) is 0 Å². The minimum atomic E-state index is -0.186. The summed E-state index contributed by atoms with van der Waals surface area (Å²) >= 11 is 5.98. The lowest BCUT2D eigenvalue weighted by molar-refractivity contribution is 0.0947. The molecule has 1 amide bonds. The SMILES string of the molecule is COc1cc(N)c(Cl)cc1C(=O)NCCC1CCCN1C. The van der Waals surface area contributed by atoms with Gasteiger partial charge < -0.3 is 20.7 Å². The Kier molecular flexibility index (Phi) is 5.31. The highest BCUT2D eigenvalue weighted by molar-refractivity contribution is 6.33. The molecule has 0 saturated carbocycles. The summed E-state index contributed by atoms with van der Waals surface area (Å²) < 4.78 is 5.19. The number of halogens is 1. The number of carbonyl (C=O) groups is 1. The lowest BCUT2D eigenvalue weighted by Gasteiger charge is -2.19. The summed E-state index contributed by atoms with van der Waals surface area (Å²) in [4.78, 5) is 14.6. The van der Waals surface area contributed by atoms with Gasteiger partial charge in [-0.2, -0.15) is 0 Å². The molecule has 1 unspecified atom stereocenters. The van der Waals surface area contributed by atoms with Gasteiger partial charge in [0, 0.05) is 18.7 Å². The lowest BCUT2D eigenvalue weighted by Crippen LogP contribution is -2.32. The number of hydrogen-bond donors (Lipinski definition) is 2. The van der Waals surface area contributed by atoms with Gasteiger partial charge in [-0.05, 0) is 38.9 Å². The summed E-state index contributed by atoms with van der Waals surface area (Å²) in [6, 6.07) is 3.68. The number of likely N-dealkylation sites (tertiary alicyclic amines) is 1. The van der Waals surface area contributed by atoms with Gasteiger partial charge in [-0.1, -0.05) is 11.6 Å². The van der Waals surface area contributed by atoms with E-state index in [1.54, 1.807) is 12.1 Å². The van der Waals surface area contributed by atoms with Crippen LogP contribution in [0.3, 0.4) is 0 Å². The van der Waals surface area contributed by atoms with Crippen molar-refractivity contribution in [2.45, 2.75) is 25.3 Å². The van der Waals surface area contributed by atoms with Crippen molar-refractivity contribution in [1.29, 1.82) is 0 Å².